The summed E-state index contributed by atoms with van der Waals surface area (Å²) in [6.45, 7) is 3.47. The molecule has 1 aromatic carbocycles. The molecule has 3 aromatic rings. The normalized spacial score (nSPS) is 10.7. The molecule has 0 aliphatic rings. The van der Waals surface area contributed by atoms with Crippen molar-refractivity contribution in [3.05, 3.63) is 66.5 Å². The number of aryl methyl sites for hydroxylation is 1. The second kappa shape index (κ2) is 10.3. The number of pyridine rings is 1. The van der Waals surface area contributed by atoms with E-state index >= 15 is 0 Å². The van der Waals surface area contributed by atoms with Crippen LogP contribution in [0, 0.1) is 25.2 Å². The lowest BCUT2D eigenvalue weighted by Crippen LogP contribution is -2.18. The zero-order valence-corrected chi connectivity index (χ0v) is 19.7. The van der Waals surface area contributed by atoms with Crippen LogP contribution in [0.5, 0.6) is 0 Å². The second-order valence-electron chi connectivity index (χ2n) is 6.58. The van der Waals surface area contributed by atoms with Crippen LogP contribution in [0.3, 0.4) is 0 Å². The number of nitrogens with zero attached hydrogens (tertiary/aromatic N) is 3. The molecule has 7 nitrogen and oxygen atoms in total. The molecule has 2 aromatic heterocycles. The van der Waals surface area contributed by atoms with Gasteiger partial charge in [-0.05, 0) is 49.1 Å². The molecule has 2 heterocycles. The number of nitriles is 1. The van der Waals surface area contributed by atoms with Gasteiger partial charge in [-0.25, -0.2) is 0 Å². The number of carbonyl (C=O) groups excluding carboxylic acids is 1. The molecule has 11 heteroatoms. The molecule has 0 spiro atoms. The van der Waals surface area contributed by atoms with Gasteiger partial charge in [-0.2, -0.15) is 5.26 Å². The van der Waals surface area contributed by atoms with E-state index in [9.17, 15) is 9.59 Å². The zero-order chi connectivity index (χ0) is 22.5. The van der Waals surface area contributed by atoms with E-state index in [-0.39, 0.29) is 17.9 Å². The van der Waals surface area contributed by atoms with Crippen molar-refractivity contribution < 1.29 is 4.79 Å². The monoisotopic (exact) mass is 493 g/mol. The zero-order valence-electron chi connectivity index (χ0n) is 16.6. The van der Waals surface area contributed by atoms with Gasteiger partial charge in [0.15, 0.2) is 4.34 Å². The minimum Gasteiger partial charge on any atom is -0.325 e. The Hall–Kier alpha value is -2.38. The van der Waals surface area contributed by atoms with E-state index in [0.717, 1.165) is 11.1 Å². The number of aromatic nitrogens is 3. The van der Waals surface area contributed by atoms with Crippen LogP contribution in [0.25, 0.3) is 0 Å². The van der Waals surface area contributed by atoms with Crippen molar-refractivity contribution in [3.63, 3.8) is 0 Å². The molecular formula is C20H17Cl2N5O2S2. The molecule has 1 amide bonds. The average Bonchev–Trinajstić information content (AvgIpc) is 3.14. The van der Waals surface area contributed by atoms with E-state index in [1.807, 2.05) is 6.07 Å². The van der Waals surface area contributed by atoms with Crippen LogP contribution >= 0.6 is 46.3 Å². The Balaban J connectivity index is 1.59. The Morgan fingerprint density at radius 1 is 1.26 bits per heavy atom. The first-order valence-electron chi connectivity index (χ1n) is 9.11. The third kappa shape index (κ3) is 5.66. The Labute approximate surface area is 196 Å². The Bertz CT molecular complexity index is 1210. The lowest BCUT2D eigenvalue weighted by Gasteiger charge is -2.10. The van der Waals surface area contributed by atoms with Gasteiger partial charge in [0.1, 0.15) is 11.6 Å². The Kier molecular flexibility index (Phi) is 7.73. The number of H-pyrrole nitrogens is 1. The number of nitrogens with one attached hydrogen (secondary N) is 2. The smallest absolute Gasteiger partial charge is 0.266 e. The number of aromatic amines is 1. The summed E-state index contributed by atoms with van der Waals surface area (Å²) in [4.78, 5) is 26.8. The first kappa shape index (κ1) is 23.3. The van der Waals surface area contributed by atoms with Crippen LogP contribution in [-0.2, 0) is 17.0 Å². The minimum atomic E-state index is -0.414. The number of amides is 1. The fourth-order valence-corrected chi connectivity index (χ4v) is 5.47. The predicted octanol–water partition coefficient (Wildman–Crippen LogP) is 4.89. The molecule has 3 rings (SSSR count). The van der Waals surface area contributed by atoms with Gasteiger partial charge < -0.3 is 10.3 Å². The molecule has 0 aliphatic carbocycles. The van der Waals surface area contributed by atoms with Crippen LogP contribution in [0.2, 0.25) is 10.0 Å². The molecule has 0 aliphatic heterocycles. The standard InChI is InChI=1S/C20H17Cl2N5O2S2/c1-10-12(11(2)24-18(29)13(10)8-23)6-7-17(28)25-19-26-27-20(31-19)30-9-14-15(21)4-3-5-16(14)22/h3-5H,6-7,9H2,1-2H3,(H,24,29)(H,25,26,28). The highest BCUT2D eigenvalue weighted by atomic mass is 35.5. The van der Waals surface area contributed by atoms with Crippen LogP contribution in [0.1, 0.15) is 34.4 Å². The maximum atomic E-state index is 12.4. The number of hydrogen-bond donors (Lipinski definition) is 2. The van der Waals surface area contributed by atoms with Gasteiger partial charge in [0.2, 0.25) is 11.0 Å². The summed E-state index contributed by atoms with van der Waals surface area (Å²) in [5.74, 6) is 0.304. The van der Waals surface area contributed by atoms with Gasteiger partial charge in [0.05, 0.1) is 0 Å². The summed E-state index contributed by atoms with van der Waals surface area (Å²) in [6.07, 6.45) is 0.566. The fourth-order valence-electron chi connectivity index (χ4n) is 2.96. The molecule has 2 N–H and O–H groups in total. The van der Waals surface area contributed by atoms with Crippen molar-refractivity contribution >= 4 is 57.3 Å². The quantitative estimate of drug-likeness (QED) is 0.358. The average molecular weight is 494 g/mol. The number of hydrogen-bond acceptors (Lipinski definition) is 7. The van der Waals surface area contributed by atoms with E-state index in [1.54, 1.807) is 32.0 Å². The molecule has 0 atom stereocenters. The number of benzene rings is 1. The highest BCUT2D eigenvalue weighted by Crippen LogP contribution is 2.33. The number of halogens is 2. The van der Waals surface area contributed by atoms with Crippen molar-refractivity contribution in [3.8, 4) is 6.07 Å². The van der Waals surface area contributed by atoms with Gasteiger partial charge in [-0.1, -0.05) is 52.4 Å². The lowest BCUT2D eigenvalue weighted by molar-refractivity contribution is -0.116. The first-order chi connectivity index (χ1) is 14.8. The lowest BCUT2D eigenvalue weighted by atomic mass is 9.99. The summed E-state index contributed by atoms with van der Waals surface area (Å²) in [6, 6.07) is 7.26. The van der Waals surface area contributed by atoms with E-state index < -0.39 is 5.56 Å². The molecule has 0 radical (unpaired) electrons. The highest BCUT2D eigenvalue weighted by Gasteiger charge is 2.15. The first-order valence-corrected chi connectivity index (χ1v) is 11.7. The van der Waals surface area contributed by atoms with E-state index in [2.05, 4.69) is 20.5 Å². The van der Waals surface area contributed by atoms with Gasteiger partial charge in [-0.15, -0.1) is 10.2 Å². The topological polar surface area (TPSA) is 112 Å². The largest absolute Gasteiger partial charge is 0.325 e. The summed E-state index contributed by atoms with van der Waals surface area (Å²) in [5.41, 5.74) is 2.52. The summed E-state index contributed by atoms with van der Waals surface area (Å²) >= 11 is 15.1. The van der Waals surface area contributed by atoms with Crippen LogP contribution < -0.4 is 10.9 Å². The van der Waals surface area contributed by atoms with Crippen LogP contribution in [0.15, 0.2) is 27.3 Å². The third-order valence-electron chi connectivity index (χ3n) is 4.58. The number of thioether (sulfide) groups is 1. The molecule has 0 fully saturated rings. The molecule has 0 unspecified atom stereocenters. The van der Waals surface area contributed by atoms with Gasteiger partial charge in [0.25, 0.3) is 5.56 Å². The second-order valence-corrected chi connectivity index (χ2v) is 9.59. The number of carbonyl (C=O) groups is 1. The minimum absolute atomic E-state index is 0.0745. The van der Waals surface area contributed by atoms with Gasteiger partial charge >= 0.3 is 0 Å². The van der Waals surface area contributed by atoms with Crippen LogP contribution in [-0.4, -0.2) is 21.1 Å². The summed E-state index contributed by atoms with van der Waals surface area (Å²) in [5, 5.41) is 21.5. The Morgan fingerprint density at radius 3 is 2.65 bits per heavy atom. The predicted molar refractivity (Wildman–Crippen MR) is 124 cm³/mol. The third-order valence-corrected chi connectivity index (χ3v) is 7.28. The summed E-state index contributed by atoms with van der Waals surface area (Å²) in [7, 11) is 0. The van der Waals surface area contributed by atoms with Crippen molar-refractivity contribution in [2.24, 2.45) is 0 Å². The van der Waals surface area contributed by atoms with E-state index in [1.165, 1.54) is 23.1 Å². The molecule has 0 saturated heterocycles. The maximum absolute atomic E-state index is 12.4. The van der Waals surface area contributed by atoms with E-state index in [0.29, 0.717) is 42.9 Å². The SMILES string of the molecule is Cc1[nH]c(=O)c(C#N)c(C)c1CCC(=O)Nc1nnc(SCc2c(Cl)cccc2Cl)s1. The fraction of sp³-hybridized carbons (Fsp3) is 0.250. The molecule has 0 saturated carbocycles. The van der Waals surface area contributed by atoms with Crippen LogP contribution in [0.4, 0.5) is 5.13 Å². The highest BCUT2D eigenvalue weighted by molar-refractivity contribution is 8.00. The van der Waals surface area contributed by atoms with Gasteiger partial charge in [-0.3, -0.25) is 9.59 Å². The molecule has 0 bridgehead atoms. The molecular weight excluding hydrogens is 477 g/mol. The van der Waals surface area contributed by atoms with Crippen molar-refractivity contribution in [2.45, 2.75) is 36.8 Å². The molecule has 160 valence electrons. The maximum Gasteiger partial charge on any atom is 0.266 e. The number of rotatable bonds is 7. The van der Waals surface area contributed by atoms with E-state index in [4.69, 9.17) is 28.5 Å². The molecule has 31 heavy (non-hydrogen) atoms. The number of anilines is 1. The van der Waals surface area contributed by atoms with Crippen molar-refractivity contribution in [1.82, 2.24) is 15.2 Å². The van der Waals surface area contributed by atoms with Crippen molar-refractivity contribution in [1.29, 1.82) is 5.26 Å². The van der Waals surface area contributed by atoms with Gasteiger partial charge in [0, 0.05) is 27.9 Å². The van der Waals surface area contributed by atoms with Crippen molar-refractivity contribution in [2.75, 3.05) is 5.32 Å². The summed E-state index contributed by atoms with van der Waals surface area (Å²) < 4.78 is 0.678. The Morgan fingerprint density at radius 2 is 1.97 bits per heavy atom.